The topological polar surface area (TPSA) is 24.9 Å². The lowest BCUT2D eigenvalue weighted by molar-refractivity contribution is 0.604. The number of hydrogen-bond donors (Lipinski definition) is 1. The summed E-state index contributed by atoms with van der Waals surface area (Å²) in [7, 11) is 0. The second-order valence-corrected chi connectivity index (χ2v) is 6.01. The fraction of sp³-hybridized carbons (Fsp3) is 0.400. The minimum absolute atomic E-state index is 0.138. The van der Waals surface area contributed by atoms with Crippen LogP contribution in [0.2, 0.25) is 5.02 Å². The SMILES string of the molecule is CCCNC(c1ccc(C)nc1)c1scc(C)c1Cl. The van der Waals surface area contributed by atoms with E-state index in [1.807, 2.05) is 26.1 Å². The van der Waals surface area contributed by atoms with Gasteiger partial charge in [-0.15, -0.1) is 11.3 Å². The number of rotatable bonds is 5. The van der Waals surface area contributed by atoms with Gasteiger partial charge in [0.1, 0.15) is 0 Å². The van der Waals surface area contributed by atoms with E-state index in [1.54, 1.807) is 11.3 Å². The van der Waals surface area contributed by atoms with Crippen molar-refractivity contribution in [3.63, 3.8) is 0 Å². The molecule has 102 valence electrons. The Bertz CT molecular complexity index is 534. The second kappa shape index (κ2) is 6.51. The normalized spacial score (nSPS) is 12.6. The van der Waals surface area contributed by atoms with Gasteiger partial charge >= 0.3 is 0 Å². The molecule has 1 atom stereocenters. The molecule has 0 fully saturated rings. The van der Waals surface area contributed by atoms with Crippen LogP contribution >= 0.6 is 22.9 Å². The van der Waals surface area contributed by atoms with Crippen molar-refractivity contribution in [2.75, 3.05) is 6.54 Å². The highest BCUT2D eigenvalue weighted by Gasteiger charge is 2.19. The molecule has 0 saturated heterocycles. The number of pyridine rings is 1. The Morgan fingerprint density at radius 1 is 1.37 bits per heavy atom. The molecule has 0 saturated carbocycles. The summed E-state index contributed by atoms with van der Waals surface area (Å²) in [6.45, 7) is 7.18. The van der Waals surface area contributed by atoms with Crippen LogP contribution in [-0.4, -0.2) is 11.5 Å². The van der Waals surface area contributed by atoms with Crippen molar-refractivity contribution in [3.8, 4) is 0 Å². The lowest BCUT2D eigenvalue weighted by Crippen LogP contribution is -2.22. The van der Waals surface area contributed by atoms with Crippen LogP contribution in [0.1, 0.15) is 41.1 Å². The fourth-order valence-electron chi connectivity index (χ4n) is 1.95. The van der Waals surface area contributed by atoms with Crippen LogP contribution < -0.4 is 5.32 Å². The molecule has 0 aliphatic carbocycles. The molecule has 0 amide bonds. The summed E-state index contributed by atoms with van der Waals surface area (Å²) in [6, 6.07) is 4.31. The van der Waals surface area contributed by atoms with E-state index in [0.717, 1.165) is 29.2 Å². The first-order chi connectivity index (χ1) is 9.13. The monoisotopic (exact) mass is 294 g/mol. The number of nitrogens with one attached hydrogen (secondary N) is 1. The molecule has 2 nitrogen and oxygen atoms in total. The smallest absolute Gasteiger partial charge is 0.0701 e. The Labute approximate surface area is 123 Å². The molecule has 4 heteroatoms. The number of thiophene rings is 1. The predicted molar refractivity (Wildman–Crippen MR) is 83.2 cm³/mol. The number of hydrogen-bond acceptors (Lipinski definition) is 3. The fourth-order valence-corrected chi connectivity index (χ4v) is 3.35. The standard InChI is InChI=1S/C15H19ClN2S/c1-4-7-17-14(12-6-5-11(3)18-8-12)15-13(16)10(2)9-19-15/h5-6,8-9,14,17H,4,7H2,1-3H3. The van der Waals surface area contributed by atoms with Crippen molar-refractivity contribution in [2.45, 2.75) is 33.2 Å². The van der Waals surface area contributed by atoms with E-state index in [1.165, 1.54) is 10.4 Å². The average molecular weight is 295 g/mol. The molecule has 0 spiro atoms. The Kier molecular flexibility index (Phi) is 4.97. The Morgan fingerprint density at radius 2 is 2.16 bits per heavy atom. The lowest BCUT2D eigenvalue weighted by atomic mass is 10.1. The van der Waals surface area contributed by atoms with Gasteiger partial charge in [-0.2, -0.15) is 0 Å². The number of aryl methyl sites for hydroxylation is 2. The Balaban J connectivity index is 2.35. The van der Waals surface area contributed by atoms with Crippen LogP contribution in [0, 0.1) is 13.8 Å². The van der Waals surface area contributed by atoms with Crippen LogP contribution in [0.25, 0.3) is 0 Å². The maximum atomic E-state index is 6.41. The number of nitrogens with zero attached hydrogens (tertiary/aromatic N) is 1. The quantitative estimate of drug-likeness (QED) is 0.878. The highest BCUT2D eigenvalue weighted by molar-refractivity contribution is 7.10. The van der Waals surface area contributed by atoms with Gasteiger partial charge in [-0.05, 0) is 49.4 Å². The molecule has 19 heavy (non-hydrogen) atoms. The van der Waals surface area contributed by atoms with Gasteiger partial charge in [0.05, 0.1) is 11.1 Å². The minimum Gasteiger partial charge on any atom is -0.306 e. The van der Waals surface area contributed by atoms with Crippen LogP contribution in [0.3, 0.4) is 0 Å². The van der Waals surface area contributed by atoms with Crippen LogP contribution in [0.4, 0.5) is 0 Å². The van der Waals surface area contributed by atoms with E-state index >= 15 is 0 Å². The van der Waals surface area contributed by atoms with Crippen LogP contribution in [-0.2, 0) is 0 Å². The molecule has 2 aromatic rings. The maximum Gasteiger partial charge on any atom is 0.0701 e. The molecule has 1 N–H and O–H groups in total. The third-order valence-electron chi connectivity index (χ3n) is 3.05. The first-order valence-corrected chi connectivity index (χ1v) is 7.78. The first kappa shape index (κ1) is 14.5. The predicted octanol–water partition coefficient (Wildman–Crippen LogP) is 4.50. The van der Waals surface area contributed by atoms with E-state index in [0.29, 0.717) is 0 Å². The summed E-state index contributed by atoms with van der Waals surface area (Å²) >= 11 is 8.13. The molecule has 0 bridgehead atoms. The zero-order chi connectivity index (χ0) is 13.8. The van der Waals surface area contributed by atoms with E-state index in [-0.39, 0.29) is 6.04 Å². The van der Waals surface area contributed by atoms with Gasteiger partial charge in [0.15, 0.2) is 0 Å². The third kappa shape index (κ3) is 3.35. The summed E-state index contributed by atoms with van der Waals surface area (Å²) in [6.07, 6.45) is 3.03. The highest BCUT2D eigenvalue weighted by atomic mass is 35.5. The van der Waals surface area contributed by atoms with Gasteiger partial charge in [0.25, 0.3) is 0 Å². The van der Waals surface area contributed by atoms with E-state index in [9.17, 15) is 0 Å². The van der Waals surface area contributed by atoms with Gasteiger partial charge in [-0.1, -0.05) is 24.6 Å². The molecule has 2 heterocycles. The van der Waals surface area contributed by atoms with Gasteiger partial charge in [-0.25, -0.2) is 0 Å². The van der Waals surface area contributed by atoms with E-state index < -0.39 is 0 Å². The van der Waals surface area contributed by atoms with Crippen molar-refractivity contribution in [1.82, 2.24) is 10.3 Å². The molecule has 0 aliphatic heterocycles. The summed E-state index contributed by atoms with van der Waals surface area (Å²) < 4.78 is 0. The van der Waals surface area contributed by atoms with Crippen LogP contribution in [0.15, 0.2) is 23.7 Å². The number of halogens is 1. The first-order valence-electron chi connectivity index (χ1n) is 6.53. The van der Waals surface area contributed by atoms with Crippen molar-refractivity contribution in [1.29, 1.82) is 0 Å². The molecular formula is C15H19ClN2S. The summed E-state index contributed by atoms with van der Waals surface area (Å²) in [5.74, 6) is 0. The molecule has 1 unspecified atom stereocenters. The van der Waals surface area contributed by atoms with Gasteiger partial charge in [-0.3, -0.25) is 4.98 Å². The van der Waals surface area contributed by atoms with Crippen LogP contribution in [0.5, 0.6) is 0 Å². The largest absolute Gasteiger partial charge is 0.306 e. The highest BCUT2D eigenvalue weighted by Crippen LogP contribution is 2.35. The molecule has 0 radical (unpaired) electrons. The van der Waals surface area contributed by atoms with E-state index in [2.05, 4.69) is 28.7 Å². The molecule has 2 rings (SSSR count). The van der Waals surface area contributed by atoms with Gasteiger partial charge < -0.3 is 5.32 Å². The van der Waals surface area contributed by atoms with Gasteiger partial charge in [0, 0.05) is 16.8 Å². The van der Waals surface area contributed by atoms with Crippen molar-refractivity contribution < 1.29 is 0 Å². The molecule has 2 aromatic heterocycles. The zero-order valence-corrected chi connectivity index (χ0v) is 13.1. The van der Waals surface area contributed by atoms with Crippen molar-refractivity contribution in [3.05, 3.63) is 50.4 Å². The molecule has 0 aliphatic rings. The lowest BCUT2D eigenvalue weighted by Gasteiger charge is -2.18. The average Bonchev–Trinajstić information content (AvgIpc) is 2.73. The van der Waals surface area contributed by atoms with Crippen molar-refractivity contribution >= 4 is 22.9 Å². The second-order valence-electron chi connectivity index (χ2n) is 4.72. The number of aromatic nitrogens is 1. The third-order valence-corrected chi connectivity index (χ3v) is 4.83. The van der Waals surface area contributed by atoms with Gasteiger partial charge in [0.2, 0.25) is 0 Å². The minimum atomic E-state index is 0.138. The summed E-state index contributed by atoms with van der Waals surface area (Å²) in [5, 5.41) is 6.55. The van der Waals surface area contributed by atoms with E-state index in [4.69, 9.17) is 11.6 Å². The molecule has 0 aromatic carbocycles. The Morgan fingerprint density at radius 3 is 2.68 bits per heavy atom. The maximum absolute atomic E-state index is 6.41. The molecular weight excluding hydrogens is 276 g/mol. The van der Waals surface area contributed by atoms with Crippen molar-refractivity contribution in [2.24, 2.45) is 0 Å². The summed E-state index contributed by atoms with van der Waals surface area (Å²) in [5.41, 5.74) is 3.35. The summed E-state index contributed by atoms with van der Waals surface area (Å²) in [4.78, 5) is 5.57. The Hall–Kier alpha value is -0.900. The zero-order valence-electron chi connectivity index (χ0n) is 11.5.